The fourth-order valence-electron chi connectivity index (χ4n) is 1.73. The Hall–Kier alpha value is -1.15. The summed E-state index contributed by atoms with van der Waals surface area (Å²) in [6, 6.07) is 9.92. The molecule has 1 aliphatic rings. The summed E-state index contributed by atoms with van der Waals surface area (Å²) in [6.07, 6.45) is 1.84. The number of hydrogen-bond acceptors (Lipinski definition) is 2. The highest BCUT2D eigenvalue weighted by Gasteiger charge is 2.28. The molecule has 0 radical (unpaired) electrons. The van der Waals surface area contributed by atoms with Gasteiger partial charge in [0.05, 0.1) is 6.10 Å². The summed E-state index contributed by atoms with van der Waals surface area (Å²) < 4.78 is 5.51. The average Bonchev–Trinajstić information content (AvgIpc) is 2.67. The van der Waals surface area contributed by atoms with Gasteiger partial charge in [-0.1, -0.05) is 30.3 Å². The summed E-state index contributed by atoms with van der Waals surface area (Å²) in [6.45, 7) is 0.697. The van der Waals surface area contributed by atoms with E-state index in [2.05, 4.69) is 0 Å². The Morgan fingerprint density at radius 2 is 2.08 bits per heavy atom. The monoisotopic (exact) mass is 176 g/mol. The summed E-state index contributed by atoms with van der Waals surface area (Å²) in [5, 5.41) is 0. The smallest absolute Gasteiger partial charge is 0.126 e. The van der Waals surface area contributed by atoms with Crippen LogP contribution in [-0.4, -0.2) is 12.9 Å². The van der Waals surface area contributed by atoms with E-state index in [-0.39, 0.29) is 12.0 Å². The number of benzene rings is 1. The van der Waals surface area contributed by atoms with Gasteiger partial charge in [-0.2, -0.15) is 0 Å². The molecule has 13 heavy (non-hydrogen) atoms. The number of rotatable bonds is 2. The third-order valence-corrected chi connectivity index (χ3v) is 2.44. The van der Waals surface area contributed by atoms with Gasteiger partial charge in [-0.05, 0) is 12.0 Å². The molecule has 1 aromatic carbocycles. The van der Waals surface area contributed by atoms with Crippen molar-refractivity contribution in [1.29, 1.82) is 0 Å². The predicted octanol–water partition coefficient (Wildman–Crippen LogP) is 1.96. The van der Waals surface area contributed by atoms with Crippen LogP contribution in [0.4, 0.5) is 0 Å². The predicted molar refractivity (Wildman–Crippen MR) is 49.3 cm³/mol. The minimum Gasteiger partial charge on any atom is -0.373 e. The van der Waals surface area contributed by atoms with Gasteiger partial charge in [0.15, 0.2) is 0 Å². The van der Waals surface area contributed by atoms with Crippen molar-refractivity contribution < 1.29 is 9.53 Å². The molecule has 1 heterocycles. The summed E-state index contributed by atoms with van der Waals surface area (Å²) in [4.78, 5) is 10.7. The maximum absolute atomic E-state index is 10.7. The Morgan fingerprint density at radius 3 is 2.77 bits per heavy atom. The molecule has 0 unspecified atom stereocenters. The van der Waals surface area contributed by atoms with Crippen LogP contribution in [-0.2, 0) is 9.53 Å². The topological polar surface area (TPSA) is 26.3 Å². The fourth-order valence-corrected chi connectivity index (χ4v) is 1.73. The molecular weight excluding hydrogens is 164 g/mol. The summed E-state index contributed by atoms with van der Waals surface area (Å²) in [5.74, 6) is 0.0439. The van der Waals surface area contributed by atoms with E-state index < -0.39 is 0 Å². The van der Waals surface area contributed by atoms with E-state index in [4.69, 9.17) is 4.74 Å². The van der Waals surface area contributed by atoms with Gasteiger partial charge in [0.2, 0.25) is 0 Å². The van der Waals surface area contributed by atoms with Crippen LogP contribution < -0.4 is 0 Å². The highest BCUT2D eigenvalue weighted by atomic mass is 16.5. The van der Waals surface area contributed by atoms with Crippen molar-refractivity contribution in [3.05, 3.63) is 35.9 Å². The van der Waals surface area contributed by atoms with Crippen LogP contribution in [0, 0.1) is 5.92 Å². The first-order valence-corrected chi connectivity index (χ1v) is 4.53. The Balaban J connectivity index is 2.21. The molecule has 1 aliphatic heterocycles. The lowest BCUT2D eigenvalue weighted by Crippen LogP contribution is -2.08. The Labute approximate surface area is 77.5 Å². The molecule has 0 saturated carbocycles. The largest absolute Gasteiger partial charge is 0.373 e. The second-order valence-electron chi connectivity index (χ2n) is 3.29. The summed E-state index contributed by atoms with van der Waals surface area (Å²) in [7, 11) is 0. The molecule has 2 nitrogen and oxygen atoms in total. The van der Waals surface area contributed by atoms with E-state index in [0.717, 1.165) is 18.3 Å². The van der Waals surface area contributed by atoms with E-state index >= 15 is 0 Å². The van der Waals surface area contributed by atoms with E-state index in [0.29, 0.717) is 6.61 Å². The van der Waals surface area contributed by atoms with Crippen LogP contribution in [0.15, 0.2) is 30.3 Å². The van der Waals surface area contributed by atoms with Crippen LogP contribution in [0.1, 0.15) is 18.1 Å². The van der Waals surface area contributed by atoms with Gasteiger partial charge >= 0.3 is 0 Å². The van der Waals surface area contributed by atoms with Crippen LogP contribution >= 0.6 is 0 Å². The van der Waals surface area contributed by atoms with Crippen LogP contribution in [0.3, 0.4) is 0 Å². The van der Waals surface area contributed by atoms with E-state index in [9.17, 15) is 4.79 Å². The van der Waals surface area contributed by atoms with Crippen molar-refractivity contribution in [2.75, 3.05) is 6.61 Å². The Kier molecular flexibility index (Phi) is 2.41. The lowest BCUT2D eigenvalue weighted by atomic mass is 9.97. The van der Waals surface area contributed by atoms with Crippen molar-refractivity contribution in [1.82, 2.24) is 0 Å². The maximum atomic E-state index is 10.7. The van der Waals surface area contributed by atoms with Crippen LogP contribution in [0.25, 0.3) is 0 Å². The minimum atomic E-state index is -0.0151. The van der Waals surface area contributed by atoms with Gasteiger partial charge in [0.1, 0.15) is 6.29 Å². The molecule has 2 heteroatoms. The third-order valence-electron chi connectivity index (χ3n) is 2.44. The first kappa shape index (κ1) is 8.45. The number of ether oxygens (including phenoxy) is 1. The zero-order chi connectivity index (χ0) is 9.10. The van der Waals surface area contributed by atoms with Crippen molar-refractivity contribution in [3.63, 3.8) is 0 Å². The Bertz CT molecular complexity index is 281. The van der Waals surface area contributed by atoms with E-state index in [1.807, 2.05) is 30.3 Å². The van der Waals surface area contributed by atoms with Crippen molar-refractivity contribution in [2.24, 2.45) is 5.92 Å². The average molecular weight is 176 g/mol. The van der Waals surface area contributed by atoms with Gasteiger partial charge in [-0.3, -0.25) is 0 Å². The standard InChI is InChI=1S/C11H12O2/c12-8-10-6-7-13-11(10)9-4-2-1-3-5-9/h1-5,8,10-11H,6-7H2/t10-,11+/m0/s1. The van der Waals surface area contributed by atoms with Gasteiger partial charge in [-0.25, -0.2) is 0 Å². The van der Waals surface area contributed by atoms with Crippen molar-refractivity contribution in [2.45, 2.75) is 12.5 Å². The van der Waals surface area contributed by atoms with E-state index in [1.165, 1.54) is 0 Å². The van der Waals surface area contributed by atoms with Gasteiger partial charge in [-0.15, -0.1) is 0 Å². The molecule has 0 spiro atoms. The molecule has 1 fully saturated rings. The number of carbonyl (C=O) groups excluding carboxylic acids is 1. The van der Waals surface area contributed by atoms with Gasteiger partial charge in [0.25, 0.3) is 0 Å². The Morgan fingerprint density at radius 1 is 1.31 bits per heavy atom. The molecular formula is C11H12O2. The van der Waals surface area contributed by atoms with E-state index in [1.54, 1.807) is 0 Å². The minimum absolute atomic E-state index is 0.0151. The third kappa shape index (κ3) is 1.63. The second-order valence-corrected chi connectivity index (χ2v) is 3.29. The van der Waals surface area contributed by atoms with Crippen LogP contribution in [0.2, 0.25) is 0 Å². The molecule has 2 rings (SSSR count). The number of hydrogen-bond donors (Lipinski definition) is 0. The van der Waals surface area contributed by atoms with Gasteiger partial charge in [0, 0.05) is 12.5 Å². The molecule has 68 valence electrons. The SMILES string of the molecule is O=C[C@@H]1CCO[C@@H]1c1ccccc1. The van der Waals surface area contributed by atoms with Crippen molar-refractivity contribution >= 4 is 6.29 Å². The number of carbonyl (C=O) groups is 1. The number of aldehydes is 1. The molecule has 0 aliphatic carbocycles. The molecule has 0 amide bonds. The lowest BCUT2D eigenvalue weighted by Gasteiger charge is -2.13. The highest BCUT2D eigenvalue weighted by Crippen LogP contribution is 2.32. The molecule has 1 aromatic rings. The zero-order valence-corrected chi connectivity index (χ0v) is 7.35. The summed E-state index contributed by atoms with van der Waals surface area (Å²) in [5.41, 5.74) is 1.11. The molecule has 0 N–H and O–H groups in total. The van der Waals surface area contributed by atoms with Crippen molar-refractivity contribution in [3.8, 4) is 0 Å². The highest BCUT2D eigenvalue weighted by molar-refractivity contribution is 5.55. The molecule has 0 bridgehead atoms. The second kappa shape index (κ2) is 3.71. The summed E-state index contributed by atoms with van der Waals surface area (Å²) >= 11 is 0. The first-order chi connectivity index (χ1) is 6.42. The lowest BCUT2D eigenvalue weighted by molar-refractivity contribution is -0.112. The normalized spacial score (nSPS) is 27.4. The molecule has 2 atom stereocenters. The first-order valence-electron chi connectivity index (χ1n) is 4.53. The molecule has 0 aromatic heterocycles. The van der Waals surface area contributed by atoms with Crippen LogP contribution in [0.5, 0.6) is 0 Å². The fraction of sp³-hybridized carbons (Fsp3) is 0.364. The quantitative estimate of drug-likeness (QED) is 0.644. The maximum Gasteiger partial charge on any atom is 0.126 e. The van der Waals surface area contributed by atoms with Gasteiger partial charge < -0.3 is 9.53 Å². The molecule has 1 saturated heterocycles. The zero-order valence-electron chi connectivity index (χ0n) is 7.35.